The maximum Gasteiger partial charge on any atom is 0.381 e. The van der Waals surface area contributed by atoms with Crippen molar-refractivity contribution in [3.63, 3.8) is 0 Å². The van der Waals surface area contributed by atoms with Gasteiger partial charge in [0.15, 0.2) is 0 Å². The van der Waals surface area contributed by atoms with Gasteiger partial charge in [-0.15, -0.1) is 0 Å². The minimum absolute atomic E-state index is 0.0232. The Balaban J connectivity index is 2.18. The average molecular weight is 288 g/mol. The number of rotatable bonds is 5. The number of hydrogen-bond donors (Lipinski definition) is 0. The maximum atomic E-state index is 12.4. The largest absolute Gasteiger partial charge is 0.381 e. The van der Waals surface area contributed by atoms with E-state index in [0.29, 0.717) is 12.4 Å². The van der Waals surface area contributed by atoms with E-state index in [1.807, 2.05) is 37.3 Å². The highest BCUT2D eigenvalue weighted by atomic mass is 16.6. The van der Waals surface area contributed by atoms with E-state index >= 15 is 0 Å². The molecule has 0 fully saturated rings. The molecule has 0 saturated carbocycles. The van der Waals surface area contributed by atoms with Crippen LogP contribution in [0, 0.1) is 17.0 Å². The molecular weight excluding hydrogens is 272 g/mol. The fourth-order valence-corrected chi connectivity index (χ4v) is 2.08. The molecule has 0 atom stereocenters. The van der Waals surface area contributed by atoms with Gasteiger partial charge in [-0.25, -0.2) is 0 Å². The molecule has 1 aromatic carbocycles. The van der Waals surface area contributed by atoms with E-state index in [0.717, 1.165) is 5.69 Å². The molecule has 0 aliphatic rings. The lowest BCUT2D eigenvalue weighted by atomic mass is 10.3. The first kappa shape index (κ1) is 14.7. The van der Waals surface area contributed by atoms with Crippen molar-refractivity contribution in [2.24, 2.45) is 0 Å². The normalized spacial score (nSPS) is 10.4. The number of imidazole rings is 1. The van der Waals surface area contributed by atoms with Gasteiger partial charge >= 0.3 is 5.82 Å². The van der Waals surface area contributed by atoms with E-state index in [9.17, 15) is 14.9 Å². The van der Waals surface area contributed by atoms with E-state index in [1.54, 1.807) is 11.8 Å². The highest BCUT2D eigenvalue weighted by Crippen LogP contribution is 2.15. The van der Waals surface area contributed by atoms with Gasteiger partial charge < -0.3 is 15.0 Å². The first-order chi connectivity index (χ1) is 10.0. The van der Waals surface area contributed by atoms with Gasteiger partial charge in [0.2, 0.25) is 11.7 Å². The van der Waals surface area contributed by atoms with Crippen LogP contribution >= 0.6 is 0 Å². The number of nitro groups is 1. The number of benzene rings is 1. The summed E-state index contributed by atoms with van der Waals surface area (Å²) in [4.78, 5) is 28.0. The van der Waals surface area contributed by atoms with Crippen molar-refractivity contribution in [3.8, 4) is 0 Å². The molecule has 1 amide bonds. The zero-order valence-corrected chi connectivity index (χ0v) is 11.9. The van der Waals surface area contributed by atoms with Crippen LogP contribution in [0.15, 0.2) is 36.5 Å². The third-order valence-corrected chi connectivity index (χ3v) is 3.14. The summed E-state index contributed by atoms with van der Waals surface area (Å²) in [6, 6.07) is 9.30. The summed E-state index contributed by atoms with van der Waals surface area (Å²) in [5, 5.41) is 10.7. The first-order valence-electron chi connectivity index (χ1n) is 6.56. The second kappa shape index (κ2) is 6.17. The van der Waals surface area contributed by atoms with E-state index in [2.05, 4.69) is 4.98 Å². The molecule has 0 aliphatic carbocycles. The monoisotopic (exact) mass is 288 g/mol. The van der Waals surface area contributed by atoms with Crippen LogP contribution in [0.1, 0.15) is 12.7 Å². The van der Waals surface area contributed by atoms with Crippen molar-refractivity contribution in [2.45, 2.75) is 20.4 Å². The fourth-order valence-electron chi connectivity index (χ4n) is 2.08. The predicted molar refractivity (Wildman–Crippen MR) is 78.1 cm³/mol. The van der Waals surface area contributed by atoms with Crippen molar-refractivity contribution < 1.29 is 9.72 Å². The Morgan fingerprint density at radius 1 is 1.38 bits per heavy atom. The second-order valence-corrected chi connectivity index (χ2v) is 4.50. The Morgan fingerprint density at radius 2 is 2.05 bits per heavy atom. The van der Waals surface area contributed by atoms with Gasteiger partial charge in [0.1, 0.15) is 12.7 Å². The van der Waals surface area contributed by atoms with Crippen molar-refractivity contribution in [1.82, 2.24) is 9.55 Å². The third kappa shape index (κ3) is 3.25. The standard InChI is InChI=1S/C14H16N4O3/c1-3-17(12-7-5-4-6-8-12)14(19)10-16-9-13(18(20)21)15-11(16)2/h4-9H,3,10H2,1-2H3. The van der Waals surface area contributed by atoms with Gasteiger partial charge in [-0.3, -0.25) is 9.36 Å². The van der Waals surface area contributed by atoms with Crippen molar-refractivity contribution in [2.75, 3.05) is 11.4 Å². The minimum Gasteiger partial charge on any atom is -0.358 e. The molecule has 7 nitrogen and oxygen atoms in total. The highest BCUT2D eigenvalue weighted by molar-refractivity contribution is 5.93. The third-order valence-electron chi connectivity index (χ3n) is 3.14. The van der Waals surface area contributed by atoms with Gasteiger partial charge in [0.05, 0.1) is 0 Å². The number of para-hydroxylation sites is 1. The maximum absolute atomic E-state index is 12.4. The lowest BCUT2D eigenvalue weighted by Gasteiger charge is -2.21. The molecule has 2 rings (SSSR count). The van der Waals surface area contributed by atoms with Gasteiger partial charge in [-0.2, -0.15) is 0 Å². The molecule has 0 saturated heterocycles. The minimum atomic E-state index is -0.567. The van der Waals surface area contributed by atoms with Crippen LogP contribution in [-0.4, -0.2) is 26.9 Å². The van der Waals surface area contributed by atoms with E-state index in [4.69, 9.17) is 0 Å². The van der Waals surface area contributed by atoms with Crippen LogP contribution in [0.25, 0.3) is 0 Å². The van der Waals surface area contributed by atoms with Crippen LogP contribution < -0.4 is 4.90 Å². The summed E-state index contributed by atoms with van der Waals surface area (Å²) < 4.78 is 1.49. The molecule has 0 spiro atoms. The Bertz CT molecular complexity index is 651. The summed E-state index contributed by atoms with van der Waals surface area (Å²) in [7, 11) is 0. The number of nitrogens with zero attached hydrogens (tertiary/aromatic N) is 4. The molecule has 21 heavy (non-hydrogen) atoms. The van der Waals surface area contributed by atoms with Crippen LogP contribution in [0.4, 0.5) is 11.5 Å². The second-order valence-electron chi connectivity index (χ2n) is 4.50. The predicted octanol–water partition coefficient (Wildman–Crippen LogP) is 2.15. The summed E-state index contributed by atoms with van der Waals surface area (Å²) in [5.41, 5.74) is 0.803. The molecule has 110 valence electrons. The fraction of sp³-hybridized carbons (Fsp3) is 0.286. The zero-order valence-electron chi connectivity index (χ0n) is 11.9. The average Bonchev–Trinajstić information content (AvgIpc) is 2.82. The molecule has 1 heterocycles. The Labute approximate surface area is 122 Å². The number of anilines is 1. The molecule has 0 bridgehead atoms. The van der Waals surface area contributed by atoms with Crippen LogP contribution in [-0.2, 0) is 11.3 Å². The molecule has 7 heteroatoms. The van der Waals surface area contributed by atoms with Gasteiger partial charge in [-0.1, -0.05) is 18.2 Å². The highest BCUT2D eigenvalue weighted by Gasteiger charge is 2.20. The number of carbonyl (C=O) groups excluding carboxylic acids is 1. The Kier molecular flexibility index (Phi) is 4.32. The first-order valence-corrected chi connectivity index (χ1v) is 6.56. The van der Waals surface area contributed by atoms with Crippen molar-refractivity contribution in [1.29, 1.82) is 0 Å². The van der Waals surface area contributed by atoms with Crippen LogP contribution in [0.2, 0.25) is 0 Å². The number of carbonyl (C=O) groups is 1. The van der Waals surface area contributed by atoms with Crippen LogP contribution in [0.5, 0.6) is 0 Å². The molecule has 0 radical (unpaired) electrons. The summed E-state index contributed by atoms with van der Waals surface area (Å²) in [5.74, 6) is 0.0568. The molecule has 0 N–H and O–H groups in total. The van der Waals surface area contributed by atoms with Crippen molar-refractivity contribution in [3.05, 3.63) is 52.5 Å². The summed E-state index contributed by atoms with van der Waals surface area (Å²) in [6.07, 6.45) is 1.28. The Morgan fingerprint density at radius 3 is 2.57 bits per heavy atom. The van der Waals surface area contributed by atoms with E-state index in [-0.39, 0.29) is 18.3 Å². The van der Waals surface area contributed by atoms with Gasteiger partial charge in [0.25, 0.3) is 0 Å². The van der Waals surface area contributed by atoms with Gasteiger partial charge in [-0.05, 0) is 29.0 Å². The topological polar surface area (TPSA) is 81.3 Å². The SMILES string of the molecule is CCN(C(=O)Cn1cc([N+](=O)[O-])nc1C)c1ccccc1. The number of aromatic nitrogens is 2. The summed E-state index contributed by atoms with van der Waals surface area (Å²) in [6.45, 7) is 4.07. The molecule has 0 unspecified atom stereocenters. The number of hydrogen-bond acceptors (Lipinski definition) is 4. The molecule has 0 aliphatic heterocycles. The van der Waals surface area contributed by atoms with Crippen molar-refractivity contribution >= 4 is 17.4 Å². The zero-order chi connectivity index (χ0) is 15.4. The molecular formula is C14H16N4O3. The molecule has 2 aromatic rings. The Hall–Kier alpha value is -2.70. The van der Waals surface area contributed by atoms with Crippen LogP contribution in [0.3, 0.4) is 0 Å². The quantitative estimate of drug-likeness (QED) is 0.623. The van der Waals surface area contributed by atoms with Gasteiger partial charge in [0, 0.05) is 19.2 Å². The lowest BCUT2D eigenvalue weighted by molar-refractivity contribution is -0.389. The smallest absolute Gasteiger partial charge is 0.358 e. The lowest BCUT2D eigenvalue weighted by Crippen LogP contribution is -2.33. The van der Waals surface area contributed by atoms with E-state index in [1.165, 1.54) is 10.8 Å². The number of aryl methyl sites for hydroxylation is 1. The number of likely N-dealkylation sites (N-methyl/N-ethyl adjacent to an activating group) is 1. The number of amides is 1. The molecule has 1 aromatic heterocycles. The summed E-state index contributed by atoms with van der Waals surface area (Å²) >= 11 is 0. The van der Waals surface area contributed by atoms with E-state index < -0.39 is 4.92 Å².